The molecule has 1 fully saturated rings. The number of hydrogen-bond donors (Lipinski definition) is 1. The van der Waals surface area contributed by atoms with E-state index in [-0.39, 0.29) is 0 Å². The van der Waals surface area contributed by atoms with E-state index in [1.807, 2.05) is 6.08 Å². The summed E-state index contributed by atoms with van der Waals surface area (Å²) in [6.07, 6.45) is 8.16. The fraction of sp³-hybridized carbons (Fsp3) is 0.579. The van der Waals surface area contributed by atoms with Crippen LogP contribution >= 0.6 is 0 Å². The predicted octanol–water partition coefficient (Wildman–Crippen LogP) is 3.65. The van der Waals surface area contributed by atoms with Gasteiger partial charge in [-0.2, -0.15) is 0 Å². The van der Waals surface area contributed by atoms with Crippen LogP contribution in [0.3, 0.4) is 0 Å². The number of benzene rings is 1. The van der Waals surface area contributed by atoms with E-state index in [0.29, 0.717) is 19.1 Å². The third kappa shape index (κ3) is 2.68. The van der Waals surface area contributed by atoms with E-state index in [0.717, 1.165) is 31.4 Å². The van der Waals surface area contributed by atoms with Gasteiger partial charge in [0.2, 0.25) is 0 Å². The molecule has 2 aliphatic rings. The third-order valence-corrected chi connectivity index (χ3v) is 5.08. The lowest BCUT2D eigenvalue weighted by atomic mass is 9.75. The molecule has 1 aliphatic heterocycles. The molecular formula is C19H27NO2. The van der Waals surface area contributed by atoms with Crippen LogP contribution in [-0.4, -0.2) is 19.0 Å². The van der Waals surface area contributed by atoms with Crippen molar-refractivity contribution in [3.8, 4) is 0 Å². The number of rotatable bonds is 5. The van der Waals surface area contributed by atoms with Crippen LogP contribution in [0.4, 0.5) is 5.69 Å². The van der Waals surface area contributed by atoms with E-state index in [2.05, 4.69) is 25.6 Å². The van der Waals surface area contributed by atoms with E-state index in [9.17, 15) is 0 Å². The summed E-state index contributed by atoms with van der Waals surface area (Å²) in [4.78, 5) is 0. The lowest BCUT2D eigenvalue weighted by molar-refractivity contribution is -0.197. The fourth-order valence-corrected chi connectivity index (χ4v) is 3.91. The molecule has 1 unspecified atom stereocenters. The molecule has 1 saturated heterocycles. The minimum Gasteiger partial charge on any atom is -0.398 e. The summed E-state index contributed by atoms with van der Waals surface area (Å²) >= 11 is 0. The molecule has 22 heavy (non-hydrogen) atoms. The Bertz CT molecular complexity index is 547. The molecule has 0 aromatic heterocycles. The van der Waals surface area contributed by atoms with Gasteiger partial charge in [0, 0.05) is 18.0 Å². The second-order valence-electron chi connectivity index (χ2n) is 6.49. The van der Waals surface area contributed by atoms with Crippen molar-refractivity contribution >= 4 is 5.69 Å². The lowest BCUT2D eigenvalue weighted by Gasteiger charge is -2.41. The number of anilines is 1. The molecule has 0 radical (unpaired) electrons. The molecule has 3 heteroatoms. The van der Waals surface area contributed by atoms with Gasteiger partial charge in [-0.15, -0.1) is 6.58 Å². The van der Waals surface area contributed by atoms with Crippen LogP contribution in [0, 0.1) is 5.92 Å². The van der Waals surface area contributed by atoms with Gasteiger partial charge in [0.1, 0.15) is 0 Å². The van der Waals surface area contributed by atoms with Crippen molar-refractivity contribution in [2.24, 2.45) is 5.92 Å². The van der Waals surface area contributed by atoms with Gasteiger partial charge < -0.3 is 15.2 Å². The molecule has 1 heterocycles. The Balaban J connectivity index is 1.97. The van der Waals surface area contributed by atoms with Crippen molar-refractivity contribution in [3.63, 3.8) is 0 Å². The number of nitrogens with two attached hydrogens (primary N) is 1. The number of hydrogen-bond acceptors (Lipinski definition) is 3. The van der Waals surface area contributed by atoms with Crippen molar-refractivity contribution in [1.29, 1.82) is 0 Å². The fourth-order valence-electron chi connectivity index (χ4n) is 3.91. The Morgan fingerprint density at radius 2 is 2.14 bits per heavy atom. The predicted molar refractivity (Wildman–Crippen MR) is 89.8 cm³/mol. The number of nitrogen functional groups attached to an aromatic ring is 1. The summed E-state index contributed by atoms with van der Waals surface area (Å²) in [7, 11) is 0. The molecule has 3 nitrogen and oxygen atoms in total. The van der Waals surface area contributed by atoms with Crippen LogP contribution in [0.1, 0.15) is 42.9 Å². The smallest absolute Gasteiger partial charge is 0.175 e. The molecule has 1 aromatic carbocycles. The van der Waals surface area contributed by atoms with Gasteiger partial charge in [0.15, 0.2) is 5.79 Å². The second kappa shape index (κ2) is 6.43. The van der Waals surface area contributed by atoms with Crippen LogP contribution in [-0.2, 0) is 28.7 Å². The van der Waals surface area contributed by atoms with Gasteiger partial charge in [-0.25, -0.2) is 0 Å². The first-order chi connectivity index (χ1) is 10.7. The van der Waals surface area contributed by atoms with Gasteiger partial charge >= 0.3 is 0 Å². The van der Waals surface area contributed by atoms with E-state index in [4.69, 9.17) is 15.2 Å². The third-order valence-electron chi connectivity index (χ3n) is 5.08. The normalized spacial score (nSPS) is 22.7. The van der Waals surface area contributed by atoms with E-state index in [1.54, 1.807) is 0 Å². The highest BCUT2D eigenvalue weighted by Crippen LogP contribution is 2.43. The maximum atomic E-state index is 6.27. The number of allylic oxidation sites excluding steroid dienone is 1. The Labute approximate surface area is 133 Å². The SMILES string of the molecule is C=CCC1Cc2c(ccc(N)c2CCCC)CC12OCCO2. The van der Waals surface area contributed by atoms with Crippen molar-refractivity contribution in [2.45, 2.75) is 51.2 Å². The van der Waals surface area contributed by atoms with E-state index in [1.165, 1.54) is 29.5 Å². The highest BCUT2D eigenvalue weighted by Gasteiger charge is 2.47. The quantitative estimate of drug-likeness (QED) is 0.667. The molecule has 1 spiro atoms. The maximum absolute atomic E-state index is 6.27. The minimum atomic E-state index is -0.445. The number of ether oxygens (including phenoxy) is 2. The van der Waals surface area contributed by atoms with Crippen molar-refractivity contribution < 1.29 is 9.47 Å². The molecule has 3 rings (SSSR count). The molecule has 0 bridgehead atoms. The van der Waals surface area contributed by atoms with Crippen LogP contribution in [0.2, 0.25) is 0 Å². The Hall–Kier alpha value is -1.32. The summed E-state index contributed by atoms with van der Waals surface area (Å²) in [5.41, 5.74) is 11.3. The first kappa shape index (κ1) is 15.6. The highest BCUT2D eigenvalue weighted by atomic mass is 16.7. The zero-order valence-corrected chi connectivity index (χ0v) is 13.6. The van der Waals surface area contributed by atoms with E-state index < -0.39 is 5.79 Å². The first-order valence-electron chi connectivity index (χ1n) is 8.48. The monoisotopic (exact) mass is 301 g/mol. The van der Waals surface area contributed by atoms with E-state index >= 15 is 0 Å². The van der Waals surface area contributed by atoms with Crippen LogP contribution in [0.25, 0.3) is 0 Å². The highest BCUT2D eigenvalue weighted by molar-refractivity contribution is 5.55. The number of fused-ring (bicyclic) bond motifs is 1. The summed E-state index contributed by atoms with van der Waals surface area (Å²) in [6, 6.07) is 4.22. The Kier molecular flexibility index (Phi) is 4.55. The zero-order valence-electron chi connectivity index (χ0n) is 13.6. The average Bonchev–Trinajstić information content (AvgIpc) is 2.97. The Morgan fingerprint density at radius 1 is 1.36 bits per heavy atom. The van der Waals surface area contributed by atoms with Crippen LogP contribution in [0.15, 0.2) is 24.8 Å². The largest absolute Gasteiger partial charge is 0.398 e. The standard InChI is InChI=1S/C19H27NO2/c1-3-5-7-16-17-12-15(6-4-2)19(21-10-11-22-19)13-14(17)8-9-18(16)20/h4,8-9,15H,2-3,5-7,10-13,20H2,1H3. The topological polar surface area (TPSA) is 44.5 Å². The first-order valence-corrected chi connectivity index (χ1v) is 8.48. The van der Waals surface area contributed by atoms with Crippen LogP contribution < -0.4 is 5.73 Å². The van der Waals surface area contributed by atoms with Crippen LogP contribution in [0.5, 0.6) is 0 Å². The summed E-state index contributed by atoms with van der Waals surface area (Å²) in [5, 5.41) is 0. The van der Waals surface area contributed by atoms with Crippen molar-refractivity contribution in [2.75, 3.05) is 18.9 Å². The molecule has 2 N–H and O–H groups in total. The summed E-state index contributed by atoms with van der Waals surface area (Å²) in [5.74, 6) is -0.110. The van der Waals surface area contributed by atoms with Gasteiger partial charge in [-0.05, 0) is 48.4 Å². The summed E-state index contributed by atoms with van der Waals surface area (Å²) < 4.78 is 12.1. The molecule has 0 saturated carbocycles. The molecular weight excluding hydrogens is 274 g/mol. The molecule has 0 amide bonds. The summed E-state index contributed by atoms with van der Waals surface area (Å²) in [6.45, 7) is 7.53. The van der Waals surface area contributed by atoms with Gasteiger partial charge in [-0.1, -0.05) is 25.5 Å². The zero-order chi connectivity index (χ0) is 15.6. The minimum absolute atomic E-state index is 0.335. The second-order valence-corrected chi connectivity index (χ2v) is 6.49. The van der Waals surface area contributed by atoms with Crippen molar-refractivity contribution in [3.05, 3.63) is 41.5 Å². The van der Waals surface area contributed by atoms with Crippen molar-refractivity contribution in [1.82, 2.24) is 0 Å². The number of unbranched alkanes of at least 4 members (excludes halogenated alkanes) is 1. The Morgan fingerprint density at radius 3 is 2.82 bits per heavy atom. The molecule has 1 aromatic rings. The lowest BCUT2D eigenvalue weighted by Crippen LogP contribution is -2.46. The molecule has 120 valence electrons. The molecule has 1 aliphatic carbocycles. The maximum Gasteiger partial charge on any atom is 0.175 e. The average molecular weight is 301 g/mol. The van der Waals surface area contributed by atoms with Gasteiger partial charge in [0.25, 0.3) is 0 Å². The van der Waals surface area contributed by atoms with Gasteiger partial charge in [-0.3, -0.25) is 0 Å². The molecule has 1 atom stereocenters. The van der Waals surface area contributed by atoms with Gasteiger partial charge in [0.05, 0.1) is 13.2 Å².